The van der Waals surface area contributed by atoms with Crippen molar-refractivity contribution >= 4 is 31.2 Å². The number of carbonyl (C=O) groups excluding carboxylic acids is 2. The van der Waals surface area contributed by atoms with Gasteiger partial charge in [0.15, 0.2) is 0 Å². The summed E-state index contributed by atoms with van der Waals surface area (Å²) in [6, 6.07) is 0. The lowest BCUT2D eigenvalue weighted by Crippen LogP contribution is -2.53. The standard InChI is InChI=1S/C13H28O7Si2/c1-5-9-16-12(14)10-11(13(15)20-21)22(17-6-2,18-7-3)19-8-4/h11H,5-10H2,1-4,21H3. The zero-order chi connectivity index (χ0) is 17.0. The van der Waals surface area contributed by atoms with Gasteiger partial charge in [0.1, 0.15) is 5.54 Å². The Hall–Kier alpha value is -0.746. The van der Waals surface area contributed by atoms with Gasteiger partial charge in [-0.05, 0) is 27.2 Å². The summed E-state index contributed by atoms with van der Waals surface area (Å²) in [6.07, 6.45) is 0.555. The maximum absolute atomic E-state index is 12.2. The maximum Gasteiger partial charge on any atom is 0.516 e. The number of hydrogen-bond acceptors (Lipinski definition) is 7. The molecule has 0 aromatic rings. The van der Waals surface area contributed by atoms with E-state index in [2.05, 4.69) is 0 Å². The van der Waals surface area contributed by atoms with E-state index >= 15 is 0 Å². The van der Waals surface area contributed by atoms with Gasteiger partial charge in [-0.25, -0.2) is 0 Å². The summed E-state index contributed by atoms with van der Waals surface area (Å²) in [5.74, 6) is -1.00. The third-order valence-electron chi connectivity index (χ3n) is 2.79. The van der Waals surface area contributed by atoms with Gasteiger partial charge >= 0.3 is 14.8 Å². The number of hydrogen-bond donors (Lipinski definition) is 0. The topological polar surface area (TPSA) is 80.3 Å². The van der Waals surface area contributed by atoms with Crippen molar-refractivity contribution in [2.24, 2.45) is 0 Å². The second-order valence-corrected chi connectivity index (χ2v) is 7.58. The molecule has 22 heavy (non-hydrogen) atoms. The Morgan fingerprint density at radius 2 is 1.50 bits per heavy atom. The molecule has 0 saturated heterocycles. The first kappa shape index (κ1) is 21.3. The highest BCUT2D eigenvalue weighted by Crippen LogP contribution is 2.31. The van der Waals surface area contributed by atoms with E-state index < -0.39 is 26.3 Å². The van der Waals surface area contributed by atoms with E-state index in [0.29, 0.717) is 32.8 Å². The molecule has 1 unspecified atom stereocenters. The number of rotatable bonds is 12. The fraction of sp³-hybridized carbons (Fsp3) is 0.846. The van der Waals surface area contributed by atoms with Crippen LogP contribution in [0.25, 0.3) is 0 Å². The Balaban J connectivity index is 5.35. The Bertz CT molecular complexity index is 321. The van der Waals surface area contributed by atoms with Crippen LogP contribution in [0.3, 0.4) is 0 Å². The molecule has 0 amide bonds. The van der Waals surface area contributed by atoms with Crippen LogP contribution < -0.4 is 0 Å². The van der Waals surface area contributed by atoms with Crippen LogP contribution in [0.5, 0.6) is 0 Å². The molecule has 0 bridgehead atoms. The molecule has 1 atom stereocenters. The summed E-state index contributed by atoms with van der Waals surface area (Å²) < 4.78 is 27.1. The molecule has 0 spiro atoms. The normalized spacial score (nSPS) is 12.9. The number of ether oxygens (including phenoxy) is 1. The molecule has 9 heteroatoms. The van der Waals surface area contributed by atoms with Crippen molar-refractivity contribution in [3.8, 4) is 0 Å². The van der Waals surface area contributed by atoms with Gasteiger partial charge in [0.2, 0.25) is 10.5 Å². The highest BCUT2D eigenvalue weighted by Gasteiger charge is 2.54. The van der Waals surface area contributed by atoms with Gasteiger partial charge in [0.25, 0.3) is 5.97 Å². The molecule has 0 N–H and O–H groups in total. The molecule has 0 aromatic carbocycles. The van der Waals surface area contributed by atoms with E-state index in [1.54, 1.807) is 20.8 Å². The van der Waals surface area contributed by atoms with Gasteiger partial charge in [0, 0.05) is 19.8 Å². The highest BCUT2D eigenvalue weighted by atomic mass is 28.4. The summed E-state index contributed by atoms with van der Waals surface area (Å²) >= 11 is 0. The van der Waals surface area contributed by atoms with E-state index in [1.807, 2.05) is 6.92 Å². The molecule has 7 nitrogen and oxygen atoms in total. The minimum Gasteiger partial charge on any atom is -0.529 e. The second-order valence-electron chi connectivity index (χ2n) is 4.40. The van der Waals surface area contributed by atoms with Crippen molar-refractivity contribution < 1.29 is 32.0 Å². The van der Waals surface area contributed by atoms with Crippen LogP contribution in [0, 0.1) is 0 Å². The summed E-state index contributed by atoms with van der Waals surface area (Å²) in [4.78, 5) is 24.1. The van der Waals surface area contributed by atoms with Crippen LogP contribution in [0.2, 0.25) is 5.54 Å². The highest BCUT2D eigenvalue weighted by molar-refractivity contribution is 6.66. The van der Waals surface area contributed by atoms with E-state index in [1.165, 1.54) is 0 Å². The van der Waals surface area contributed by atoms with Crippen molar-refractivity contribution in [2.45, 2.75) is 46.1 Å². The lowest BCUT2D eigenvalue weighted by atomic mass is 10.3. The summed E-state index contributed by atoms with van der Waals surface area (Å²) in [5, 5.41) is 0. The van der Waals surface area contributed by atoms with Crippen LogP contribution >= 0.6 is 0 Å². The summed E-state index contributed by atoms with van der Waals surface area (Å²) in [6.45, 7) is 8.54. The van der Waals surface area contributed by atoms with Gasteiger partial charge in [-0.3, -0.25) is 9.59 Å². The molecule has 0 aromatic heterocycles. The fourth-order valence-electron chi connectivity index (χ4n) is 1.97. The van der Waals surface area contributed by atoms with Crippen molar-refractivity contribution in [3.05, 3.63) is 0 Å². The third-order valence-corrected chi connectivity index (χ3v) is 6.56. The van der Waals surface area contributed by atoms with Crippen molar-refractivity contribution in [3.63, 3.8) is 0 Å². The van der Waals surface area contributed by atoms with Gasteiger partial charge in [0.05, 0.1) is 13.0 Å². The van der Waals surface area contributed by atoms with Crippen LogP contribution in [0.1, 0.15) is 40.5 Å². The monoisotopic (exact) mass is 352 g/mol. The molecular weight excluding hydrogens is 324 g/mol. The van der Waals surface area contributed by atoms with Crippen LogP contribution in [-0.4, -0.2) is 57.7 Å². The number of esters is 1. The van der Waals surface area contributed by atoms with E-state index in [0.717, 1.165) is 0 Å². The summed E-state index contributed by atoms with van der Waals surface area (Å²) in [5.41, 5.74) is -0.894. The van der Waals surface area contributed by atoms with Crippen LogP contribution in [0.4, 0.5) is 0 Å². The van der Waals surface area contributed by atoms with Crippen LogP contribution in [-0.2, 0) is 32.0 Å². The Morgan fingerprint density at radius 1 is 1.00 bits per heavy atom. The van der Waals surface area contributed by atoms with E-state index in [-0.39, 0.29) is 16.9 Å². The van der Waals surface area contributed by atoms with Gasteiger partial charge < -0.3 is 22.4 Å². The molecule has 0 radical (unpaired) electrons. The molecule has 0 saturated carbocycles. The molecule has 0 rings (SSSR count). The molecule has 0 aliphatic heterocycles. The first-order valence-electron chi connectivity index (χ1n) is 7.66. The minimum atomic E-state index is -3.36. The third kappa shape index (κ3) is 6.57. The minimum absolute atomic E-state index is 0.159. The molecule has 0 aliphatic rings. The molecule has 0 aliphatic carbocycles. The van der Waals surface area contributed by atoms with Crippen LogP contribution in [0.15, 0.2) is 0 Å². The first-order chi connectivity index (χ1) is 10.5. The van der Waals surface area contributed by atoms with Gasteiger partial charge in [-0.1, -0.05) is 6.92 Å². The number of carbonyl (C=O) groups is 2. The predicted molar refractivity (Wildman–Crippen MR) is 86.3 cm³/mol. The first-order valence-corrected chi connectivity index (χ1v) is 10.3. The van der Waals surface area contributed by atoms with E-state index in [4.69, 9.17) is 22.4 Å². The van der Waals surface area contributed by atoms with Gasteiger partial charge in [-0.15, -0.1) is 0 Å². The average molecular weight is 353 g/mol. The zero-order valence-electron chi connectivity index (χ0n) is 14.2. The van der Waals surface area contributed by atoms with Gasteiger partial charge in [-0.2, -0.15) is 0 Å². The van der Waals surface area contributed by atoms with Crippen molar-refractivity contribution in [1.29, 1.82) is 0 Å². The Labute approximate surface area is 136 Å². The smallest absolute Gasteiger partial charge is 0.516 e. The predicted octanol–water partition coefficient (Wildman–Crippen LogP) is 0.572. The fourth-order valence-corrected chi connectivity index (χ4v) is 5.37. The second kappa shape index (κ2) is 11.8. The lowest BCUT2D eigenvalue weighted by molar-refractivity contribution is -0.148. The quantitative estimate of drug-likeness (QED) is 0.375. The molecule has 0 heterocycles. The maximum atomic E-state index is 12.2. The Morgan fingerprint density at radius 3 is 1.86 bits per heavy atom. The molecule has 130 valence electrons. The largest absolute Gasteiger partial charge is 0.529 e. The summed E-state index contributed by atoms with van der Waals surface area (Å²) in [7, 11) is -3.14. The van der Waals surface area contributed by atoms with Crippen molar-refractivity contribution in [1.82, 2.24) is 0 Å². The lowest BCUT2D eigenvalue weighted by Gasteiger charge is -2.33. The van der Waals surface area contributed by atoms with E-state index in [9.17, 15) is 9.59 Å². The van der Waals surface area contributed by atoms with Crippen molar-refractivity contribution in [2.75, 3.05) is 26.4 Å². The zero-order valence-corrected chi connectivity index (χ0v) is 17.2. The average Bonchev–Trinajstić information content (AvgIpc) is 2.50. The molecule has 0 fully saturated rings. The SMILES string of the molecule is CCCOC(=O)CC(C(=O)O[SiH3])[Si](OCC)(OCC)OCC. The molecular formula is C13H28O7Si2. The Kier molecular flexibility index (Phi) is 11.4.